The zero-order chi connectivity index (χ0) is 25.1. The number of aliphatic hydroxyl groups is 1. The van der Waals surface area contributed by atoms with E-state index in [9.17, 15) is 9.90 Å². The number of amides is 1. The van der Waals surface area contributed by atoms with Gasteiger partial charge in [-0.15, -0.1) is 0 Å². The molecule has 2 heterocycles. The molecule has 1 amide bonds. The van der Waals surface area contributed by atoms with E-state index in [1.807, 2.05) is 42.5 Å². The van der Waals surface area contributed by atoms with Crippen molar-refractivity contribution in [3.63, 3.8) is 0 Å². The van der Waals surface area contributed by atoms with E-state index in [-0.39, 0.29) is 31.4 Å². The molecule has 3 aromatic rings. The first-order valence-electron chi connectivity index (χ1n) is 12.3. The summed E-state index contributed by atoms with van der Waals surface area (Å²) in [5, 5.41) is 17.8. The fourth-order valence-corrected chi connectivity index (χ4v) is 5.74. The molecule has 2 aliphatic rings. The van der Waals surface area contributed by atoms with Crippen molar-refractivity contribution in [3.8, 4) is 11.5 Å². The number of rotatable bonds is 11. The summed E-state index contributed by atoms with van der Waals surface area (Å²) in [6.07, 6.45) is 6.24. The third-order valence-electron chi connectivity index (χ3n) is 6.88. The van der Waals surface area contributed by atoms with Crippen LogP contribution in [0.25, 0.3) is 0 Å². The number of ether oxygens (including phenoxy) is 2. The van der Waals surface area contributed by atoms with Gasteiger partial charge in [0.2, 0.25) is 12.7 Å². The Labute approximate surface area is 219 Å². The third kappa shape index (κ3) is 5.09. The number of fused-ring (bicyclic) bond motifs is 1. The molecular formula is C27H30ClN3O4S. The first kappa shape index (κ1) is 25.0. The Balaban J connectivity index is 1.35. The van der Waals surface area contributed by atoms with E-state index in [0.29, 0.717) is 21.7 Å². The summed E-state index contributed by atoms with van der Waals surface area (Å²) in [6, 6.07) is 13.1. The number of aliphatic hydroxyl groups excluding tert-OH is 1. The summed E-state index contributed by atoms with van der Waals surface area (Å²) >= 11 is 7.98. The van der Waals surface area contributed by atoms with Gasteiger partial charge in [-0.25, -0.2) is 4.98 Å². The molecule has 9 heteroatoms. The van der Waals surface area contributed by atoms with E-state index < -0.39 is 5.41 Å². The van der Waals surface area contributed by atoms with Crippen molar-refractivity contribution in [1.82, 2.24) is 10.3 Å². The molecule has 1 aliphatic heterocycles. The quantitative estimate of drug-likeness (QED) is 0.308. The monoisotopic (exact) mass is 527 g/mol. The number of halogens is 1. The molecule has 0 radical (unpaired) electrons. The molecular weight excluding hydrogens is 498 g/mol. The number of hydrogen-bond donors (Lipinski definition) is 3. The normalized spacial score (nSPS) is 17.0. The Bertz CT molecular complexity index is 1230. The zero-order valence-electron chi connectivity index (χ0n) is 20.1. The van der Waals surface area contributed by atoms with Gasteiger partial charge in [0, 0.05) is 22.1 Å². The molecule has 0 saturated heterocycles. The lowest BCUT2D eigenvalue weighted by Crippen LogP contribution is -2.36. The summed E-state index contributed by atoms with van der Waals surface area (Å²) in [4.78, 5) is 18.8. The number of carbonyl (C=O) groups is 1. The minimum Gasteiger partial charge on any atom is -0.454 e. The van der Waals surface area contributed by atoms with Crippen molar-refractivity contribution < 1.29 is 19.4 Å². The van der Waals surface area contributed by atoms with E-state index in [4.69, 9.17) is 21.1 Å². The number of thiazole rings is 1. The molecule has 1 aliphatic carbocycles. The molecule has 0 bridgehead atoms. The highest BCUT2D eigenvalue weighted by molar-refractivity contribution is 7.15. The maximum atomic E-state index is 13.4. The summed E-state index contributed by atoms with van der Waals surface area (Å²) in [5.74, 6) is 1.32. The van der Waals surface area contributed by atoms with Crippen LogP contribution in [0.15, 0.2) is 48.7 Å². The third-order valence-corrected chi connectivity index (χ3v) is 8.21. The average Bonchev–Trinajstić information content (AvgIpc) is 3.35. The Hall–Kier alpha value is -2.65. The predicted molar refractivity (Wildman–Crippen MR) is 141 cm³/mol. The number of nitrogens with zero attached hydrogens (tertiary/aromatic N) is 1. The highest BCUT2D eigenvalue weighted by atomic mass is 35.5. The van der Waals surface area contributed by atoms with Gasteiger partial charge in [-0.05, 0) is 48.6 Å². The Morgan fingerprint density at radius 3 is 2.78 bits per heavy atom. The number of carbonyl (C=O) groups excluding carboxylic acids is 1. The van der Waals surface area contributed by atoms with Crippen molar-refractivity contribution in [3.05, 3.63) is 69.7 Å². The number of anilines is 1. The maximum Gasteiger partial charge on any atom is 0.236 e. The summed E-state index contributed by atoms with van der Waals surface area (Å²) in [5.41, 5.74) is 1.27. The lowest BCUT2D eigenvalue weighted by molar-refractivity contribution is -0.118. The first-order chi connectivity index (χ1) is 17.5. The maximum absolute atomic E-state index is 13.4. The minimum atomic E-state index is -0.574. The molecule has 2 aromatic carbocycles. The van der Waals surface area contributed by atoms with Crippen molar-refractivity contribution in [2.75, 3.05) is 18.7 Å². The van der Waals surface area contributed by atoms with E-state index in [1.165, 1.54) is 11.3 Å². The number of aromatic nitrogens is 1. The first-order valence-corrected chi connectivity index (χ1v) is 13.5. The second-order valence-electron chi connectivity index (χ2n) is 9.31. The molecule has 1 saturated carbocycles. The molecule has 3 N–H and O–H groups in total. The van der Waals surface area contributed by atoms with Gasteiger partial charge in [-0.1, -0.05) is 67.0 Å². The van der Waals surface area contributed by atoms with E-state index >= 15 is 0 Å². The highest BCUT2D eigenvalue weighted by Crippen LogP contribution is 2.51. The largest absolute Gasteiger partial charge is 0.454 e. The Morgan fingerprint density at radius 2 is 2.03 bits per heavy atom. The molecule has 2 atom stereocenters. The van der Waals surface area contributed by atoms with Crippen LogP contribution in [0.2, 0.25) is 5.02 Å². The van der Waals surface area contributed by atoms with E-state index in [2.05, 4.69) is 22.5 Å². The molecule has 1 aromatic heterocycles. The van der Waals surface area contributed by atoms with Crippen LogP contribution in [0, 0.1) is 0 Å². The SMILES string of the molecule is CCCC[C@@H](CO)NC(c1cnc(NC(=O)C2(c3ccc4c(c3)OCO4)CC2)s1)c1ccccc1Cl. The van der Waals surface area contributed by atoms with Crippen LogP contribution in [0.3, 0.4) is 0 Å². The second-order valence-corrected chi connectivity index (χ2v) is 10.8. The standard InChI is InChI=1S/C27H30ClN3O4S/c1-2-3-6-18(15-32)30-24(19-7-4-5-8-20(19)28)23-14-29-26(36-23)31-25(33)27(11-12-27)17-9-10-21-22(13-17)35-16-34-21/h4-5,7-10,13-14,18,24,30,32H,2-3,6,11-12,15-16H2,1H3,(H,29,31,33)/t18-,24?/m0/s1. The number of unbranched alkanes of at least 4 members (excludes halogenated alkanes) is 1. The molecule has 36 heavy (non-hydrogen) atoms. The Kier molecular flexibility index (Phi) is 7.48. The highest BCUT2D eigenvalue weighted by Gasteiger charge is 2.52. The summed E-state index contributed by atoms with van der Waals surface area (Å²) < 4.78 is 10.9. The van der Waals surface area contributed by atoms with Crippen molar-refractivity contribution in [2.45, 2.75) is 56.5 Å². The van der Waals surface area contributed by atoms with Crippen molar-refractivity contribution in [2.24, 2.45) is 0 Å². The van der Waals surface area contributed by atoms with Gasteiger partial charge in [0.25, 0.3) is 0 Å². The summed E-state index contributed by atoms with van der Waals surface area (Å²) in [6.45, 7) is 2.37. The molecule has 7 nitrogen and oxygen atoms in total. The van der Waals surface area contributed by atoms with Crippen LogP contribution >= 0.6 is 22.9 Å². The van der Waals surface area contributed by atoms with Gasteiger partial charge in [-0.3, -0.25) is 4.79 Å². The van der Waals surface area contributed by atoms with Crippen LogP contribution in [0.5, 0.6) is 11.5 Å². The molecule has 0 spiro atoms. The zero-order valence-corrected chi connectivity index (χ0v) is 21.7. The molecule has 1 unspecified atom stereocenters. The van der Waals surface area contributed by atoms with Crippen LogP contribution in [0.1, 0.15) is 61.1 Å². The van der Waals surface area contributed by atoms with E-state index in [1.54, 1.807) is 6.20 Å². The average molecular weight is 528 g/mol. The second kappa shape index (κ2) is 10.8. The molecule has 1 fully saturated rings. The van der Waals surface area contributed by atoms with Crippen molar-refractivity contribution >= 4 is 34.0 Å². The number of nitrogens with one attached hydrogen (secondary N) is 2. The van der Waals surface area contributed by atoms with E-state index in [0.717, 1.165) is 48.1 Å². The van der Waals surface area contributed by atoms with Crippen molar-refractivity contribution in [1.29, 1.82) is 0 Å². The smallest absolute Gasteiger partial charge is 0.236 e. The van der Waals surface area contributed by atoms with Gasteiger partial charge in [0.15, 0.2) is 16.6 Å². The summed E-state index contributed by atoms with van der Waals surface area (Å²) in [7, 11) is 0. The number of hydrogen-bond acceptors (Lipinski definition) is 7. The lowest BCUT2D eigenvalue weighted by atomic mass is 9.94. The Morgan fingerprint density at radius 1 is 1.22 bits per heavy atom. The van der Waals surface area contributed by atoms with Gasteiger partial charge < -0.3 is 25.2 Å². The molecule has 190 valence electrons. The van der Waals surface area contributed by atoms with Gasteiger partial charge in [-0.2, -0.15) is 0 Å². The topological polar surface area (TPSA) is 92.7 Å². The van der Waals surface area contributed by atoms with Gasteiger partial charge in [0.05, 0.1) is 18.1 Å². The minimum absolute atomic E-state index is 0.0292. The van der Waals surface area contributed by atoms with Crippen LogP contribution in [0.4, 0.5) is 5.13 Å². The van der Waals surface area contributed by atoms with Crippen LogP contribution < -0.4 is 20.1 Å². The predicted octanol–water partition coefficient (Wildman–Crippen LogP) is 5.43. The van der Waals surface area contributed by atoms with Crippen LogP contribution in [-0.4, -0.2) is 35.4 Å². The van der Waals surface area contributed by atoms with Gasteiger partial charge in [0.1, 0.15) is 0 Å². The number of benzene rings is 2. The fraction of sp³-hybridized carbons (Fsp3) is 0.407. The molecule has 5 rings (SSSR count). The van der Waals surface area contributed by atoms with Gasteiger partial charge >= 0.3 is 0 Å². The lowest BCUT2D eigenvalue weighted by Gasteiger charge is -2.25. The van der Waals surface area contributed by atoms with Crippen LogP contribution in [-0.2, 0) is 10.2 Å². The fourth-order valence-electron chi connectivity index (χ4n) is 4.61.